The van der Waals surface area contributed by atoms with E-state index in [9.17, 15) is 9.18 Å². The van der Waals surface area contributed by atoms with E-state index in [-0.39, 0.29) is 18.6 Å². The number of ether oxygens (including phenoxy) is 1. The van der Waals surface area contributed by atoms with E-state index in [4.69, 9.17) is 0 Å². The van der Waals surface area contributed by atoms with Gasteiger partial charge < -0.3 is 15.4 Å². The summed E-state index contributed by atoms with van der Waals surface area (Å²) in [5.74, 6) is -0.289. The fraction of sp³-hybridized carbons (Fsp3) is 0.300. The second-order valence-electron chi connectivity index (χ2n) is 2.92. The molecule has 0 aliphatic heterocycles. The molecular weight excluding hydrogens is 199 g/mol. The van der Waals surface area contributed by atoms with Crippen LogP contribution >= 0.6 is 0 Å². The van der Waals surface area contributed by atoms with Gasteiger partial charge in [-0.1, -0.05) is 12.1 Å². The first-order chi connectivity index (χ1) is 7.22. The number of hydrogen-bond donors (Lipinski definition) is 2. The molecule has 82 valence electrons. The Hall–Kier alpha value is -1.62. The molecule has 0 radical (unpaired) electrons. The Bertz CT molecular complexity index is 314. The lowest BCUT2D eigenvalue weighted by atomic mass is 10.2. The highest BCUT2D eigenvalue weighted by atomic mass is 19.1. The minimum atomic E-state index is -0.318. The van der Waals surface area contributed by atoms with E-state index in [1.54, 1.807) is 12.1 Å². The van der Waals surface area contributed by atoms with Crippen LogP contribution in [-0.4, -0.2) is 19.9 Å². The van der Waals surface area contributed by atoms with Crippen molar-refractivity contribution in [3.05, 3.63) is 35.6 Å². The largest absolute Gasteiger partial charge is 0.364 e. The van der Waals surface area contributed by atoms with Gasteiger partial charge in [-0.15, -0.1) is 0 Å². The molecule has 1 aromatic carbocycles. The van der Waals surface area contributed by atoms with Crippen LogP contribution in [0.2, 0.25) is 0 Å². The third kappa shape index (κ3) is 4.42. The molecule has 0 atom stereocenters. The number of carbonyl (C=O) groups is 1. The van der Waals surface area contributed by atoms with E-state index in [1.165, 1.54) is 19.2 Å². The highest BCUT2D eigenvalue weighted by molar-refractivity contribution is 5.73. The fourth-order valence-corrected chi connectivity index (χ4v) is 0.985. The molecule has 4 nitrogen and oxygen atoms in total. The van der Waals surface area contributed by atoms with Crippen LogP contribution in [0, 0.1) is 5.82 Å². The first-order valence-corrected chi connectivity index (χ1v) is 4.47. The summed E-state index contributed by atoms with van der Waals surface area (Å²) in [6.07, 6.45) is 0. The van der Waals surface area contributed by atoms with Crippen molar-refractivity contribution in [1.82, 2.24) is 10.6 Å². The Morgan fingerprint density at radius 3 is 2.60 bits per heavy atom. The van der Waals surface area contributed by atoms with Crippen molar-refractivity contribution in [2.75, 3.05) is 13.8 Å². The number of rotatable bonds is 4. The van der Waals surface area contributed by atoms with Gasteiger partial charge in [0.05, 0.1) is 0 Å². The predicted octanol–water partition coefficient (Wildman–Crippen LogP) is 1.23. The maximum atomic E-state index is 12.5. The molecule has 2 N–H and O–H groups in total. The first-order valence-electron chi connectivity index (χ1n) is 4.47. The lowest BCUT2D eigenvalue weighted by Gasteiger charge is -2.06. The molecule has 0 aromatic heterocycles. The minimum absolute atomic E-state index is 0.162. The van der Waals surface area contributed by atoms with Crippen molar-refractivity contribution >= 4 is 6.03 Å². The average molecular weight is 212 g/mol. The molecule has 1 aromatic rings. The first kappa shape index (κ1) is 11.5. The third-order valence-corrected chi connectivity index (χ3v) is 1.74. The summed E-state index contributed by atoms with van der Waals surface area (Å²) in [7, 11) is 1.49. The molecule has 0 aliphatic rings. The van der Waals surface area contributed by atoms with Crippen LogP contribution in [0.15, 0.2) is 24.3 Å². The SMILES string of the molecule is COCNC(=O)NCc1ccc(F)cc1. The number of nitrogens with one attached hydrogen (secondary N) is 2. The Balaban J connectivity index is 2.30. The molecule has 0 saturated heterocycles. The highest BCUT2D eigenvalue weighted by Crippen LogP contribution is 2.01. The highest BCUT2D eigenvalue weighted by Gasteiger charge is 1.98. The number of methoxy groups -OCH3 is 1. The Morgan fingerprint density at radius 1 is 1.33 bits per heavy atom. The quantitative estimate of drug-likeness (QED) is 0.737. The van der Waals surface area contributed by atoms with Gasteiger partial charge in [-0.25, -0.2) is 9.18 Å². The molecule has 0 fully saturated rings. The molecule has 0 spiro atoms. The van der Waals surface area contributed by atoms with Crippen LogP contribution in [0.4, 0.5) is 9.18 Å². The lowest BCUT2D eigenvalue weighted by molar-refractivity contribution is 0.172. The van der Waals surface area contributed by atoms with Gasteiger partial charge in [-0.3, -0.25) is 0 Å². The van der Waals surface area contributed by atoms with Crippen molar-refractivity contribution in [2.45, 2.75) is 6.54 Å². The molecule has 2 amide bonds. The number of hydrogen-bond acceptors (Lipinski definition) is 2. The van der Waals surface area contributed by atoms with Gasteiger partial charge in [0.25, 0.3) is 0 Å². The van der Waals surface area contributed by atoms with Crippen molar-refractivity contribution < 1.29 is 13.9 Å². The van der Waals surface area contributed by atoms with Crippen LogP contribution in [0.5, 0.6) is 0 Å². The van der Waals surface area contributed by atoms with Gasteiger partial charge in [0.1, 0.15) is 12.5 Å². The zero-order valence-electron chi connectivity index (χ0n) is 8.42. The number of benzene rings is 1. The molecule has 0 aliphatic carbocycles. The van der Waals surface area contributed by atoms with Gasteiger partial charge in [-0.2, -0.15) is 0 Å². The van der Waals surface area contributed by atoms with Gasteiger partial charge >= 0.3 is 6.03 Å². The monoisotopic (exact) mass is 212 g/mol. The number of halogens is 1. The normalized spacial score (nSPS) is 9.73. The van der Waals surface area contributed by atoms with E-state index < -0.39 is 0 Å². The summed E-state index contributed by atoms with van der Waals surface area (Å²) in [6, 6.07) is 5.62. The number of carbonyl (C=O) groups excluding carboxylic acids is 1. The molecule has 0 heterocycles. The van der Waals surface area contributed by atoms with E-state index in [0.29, 0.717) is 6.54 Å². The molecule has 0 saturated carbocycles. The number of urea groups is 1. The maximum absolute atomic E-state index is 12.5. The van der Waals surface area contributed by atoms with Crippen LogP contribution < -0.4 is 10.6 Å². The summed E-state index contributed by atoms with van der Waals surface area (Å²) in [5, 5.41) is 5.07. The number of amides is 2. The smallest absolute Gasteiger partial charge is 0.316 e. The average Bonchev–Trinajstić information content (AvgIpc) is 2.25. The van der Waals surface area contributed by atoms with E-state index in [2.05, 4.69) is 15.4 Å². The van der Waals surface area contributed by atoms with Crippen molar-refractivity contribution in [2.24, 2.45) is 0 Å². The standard InChI is InChI=1S/C10H13FN2O2/c1-15-7-13-10(14)12-6-8-2-4-9(11)5-3-8/h2-5H,6-7H2,1H3,(H2,12,13,14). The summed E-state index contributed by atoms with van der Waals surface area (Å²) >= 11 is 0. The van der Waals surface area contributed by atoms with Gasteiger partial charge in [0, 0.05) is 13.7 Å². The minimum Gasteiger partial charge on any atom is -0.364 e. The van der Waals surface area contributed by atoms with E-state index in [1.807, 2.05) is 0 Å². The summed E-state index contributed by atoms with van der Waals surface area (Å²) in [4.78, 5) is 11.1. The summed E-state index contributed by atoms with van der Waals surface area (Å²) in [5.41, 5.74) is 0.837. The molecule has 15 heavy (non-hydrogen) atoms. The lowest BCUT2D eigenvalue weighted by Crippen LogP contribution is -2.36. The van der Waals surface area contributed by atoms with Gasteiger partial charge in [0.15, 0.2) is 0 Å². The Morgan fingerprint density at radius 2 is 2.00 bits per heavy atom. The van der Waals surface area contributed by atoms with Crippen LogP contribution in [0.25, 0.3) is 0 Å². The van der Waals surface area contributed by atoms with Gasteiger partial charge in [0.2, 0.25) is 0 Å². The summed E-state index contributed by atoms with van der Waals surface area (Å²) in [6.45, 7) is 0.519. The second kappa shape index (κ2) is 5.98. The van der Waals surface area contributed by atoms with E-state index in [0.717, 1.165) is 5.56 Å². The van der Waals surface area contributed by atoms with Crippen molar-refractivity contribution in [3.63, 3.8) is 0 Å². The fourth-order valence-electron chi connectivity index (χ4n) is 0.985. The molecule has 1 rings (SSSR count). The molecule has 0 bridgehead atoms. The zero-order valence-corrected chi connectivity index (χ0v) is 8.42. The third-order valence-electron chi connectivity index (χ3n) is 1.74. The summed E-state index contributed by atoms with van der Waals surface area (Å²) < 4.78 is 17.2. The molecular formula is C10H13FN2O2. The van der Waals surface area contributed by atoms with Gasteiger partial charge in [-0.05, 0) is 17.7 Å². The second-order valence-corrected chi connectivity index (χ2v) is 2.92. The van der Waals surface area contributed by atoms with Crippen molar-refractivity contribution in [1.29, 1.82) is 0 Å². The molecule has 5 heteroatoms. The van der Waals surface area contributed by atoms with Crippen molar-refractivity contribution in [3.8, 4) is 0 Å². The Kier molecular flexibility index (Phi) is 4.56. The topological polar surface area (TPSA) is 50.4 Å². The van der Waals surface area contributed by atoms with Crippen LogP contribution in [-0.2, 0) is 11.3 Å². The van der Waals surface area contributed by atoms with E-state index >= 15 is 0 Å². The van der Waals surface area contributed by atoms with Crippen LogP contribution in [0.1, 0.15) is 5.56 Å². The Labute approximate surface area is 87.4 Å². The molecule has 0 unspecified atom stereocenters. The zero-order chi connectivity index (χ0) is 11.1. The maximum Gasteiger partial charge on any atom is 0.316 e. The predicted molar refractivity (Wildman–Crippen MR) is 53.6 cm³/mol. The van der Waals surface area contributed by atoms with Crippen LogP contribution in [0.3, 0.4) is 0 Å².